The predicted octanol–water partition coefficient (Wildman–Crippen LogP) is 4.51. The third-order valence-electron chi connectivity index (χ3n) is 1.98. The third-order valence-corrected chi connectivity index (χ3v) is 3.31. The summed E-state index contributed by atoms with van der Waals surface area (Å²) in [6.07, 6.45) is 0. The molecule has 2 aromatic rings. The quantitative estimate of drug-likeness (QED) is 0.828. The molecule has 0 amide bonds. The van der Waals surface area contributed by atoms with Crippen molar-refractivity contribution in [3.05, 3.63) is 57.5 Å². The third kappa shape index (κ3) is 5.77. The summed E-state index contributed by atoms with van der Waals surface area (Å²) in [6, 6.07) is 16.4. The van der Waals surface area contributed by atoms with Crippen molar-refractivity contribution in [3.8, 4) is 17.6 Å². The molecule has 0 aliphatic carbocycles. The first-order chi connectivity index (χ1) is 9.15. The summed E-state index contributed by atoms with van der Waals surface area (Å²) >= 11 is 6.44. The first-order valence-corrected chi connectivity index (χ1v) is 6.91. The van der Waals surface area contributed by atoms with Crippen molar-refractivity contribution < 1.29 is 9.84 Å². The lowest BCUT2D eigenvalue weighted by atomic mass is 10.3. The molecule has 2 aromatic carbocycles. The highest BCUT2D eigenvalue weighted by Gasteiger charge is 1.96. The second-order valence-electron chi connectivity index (χ2n) is 3.33. The topological polar surface area (TPSA) is 53.2 Å². The Hall–Kier alpha value is -1.51. The number of phenolic OH excluding ortho intramolecular Hbond substituents is 1. The van der Waals surface area contributed by atoms with Crippen LogP contribution in [0.4, 0.5) is 0 Å². The number of nitriles is 1. The maximum Gasteiger partial charge on any atom is 0.174 e. The van der Waals surface area contributed by atoms with Crippen LogP contribution in [0.25, 0.3) is 0 Å². The Balaban J connectivity index is 0.000000200. The van der Waals surface area contributed by atoms with Gasteiger partial charge in [-0.3, -0.25) is 0 Å². The fourth-order valence-electron chi connectivity index (χ4n) is 1.12. The second-order valence-corrected chi connectivity index (χ2v) is 5.04. The fourth-order valence-corrected chi connectivity index (χ4v) is 1.81. The zero-order valence-electron chi connectivity index (χ0n) is 9.88. The summed E-state index contributed by atoms with van der Waals surface area (Å²) in [5, 5.41) is 17.1. The summed E-state index contributed by atoms with van der Waals surface area (Å²) in [4.78, 5) is 0. The monoisotopic (exact) mass is 383 g/mol. The van der Waals surface area contributed by atoms with E-state index in [4.69, 9.17) is 15.1 Å². The van der Waals surface area contributed by atoms with Gasteiger partial charge < -0.3 is 9.84 Å². The lowest BCUT2D eigenvalue weighted by molar-refractivity contribution is 0.366. The molecular weight excluding hydrogens is 374 g/mol. The van der Waals surface area contributed by atoms with Crippen molar-refractivity contribution in [2.45, 2.75) is 0 Å². The van der Waals surface area contributed by atoms with Crippen LogP contribution in [-0.2, 0) is 0 Å². The zero-order chi connectivity index (χ0) is 14.1. The zero-order valence-corrected chi connectivity index (χ0v) is 13.1. The van der Waals surface area contributed by atoms with E-state index in [0.717, 1.165) is 8.95 Å². The molecule has 0 unspecified atom stereocenters. The summed E-state index contributed by atoms with van der Waals surface area (Å²) in [5.41, 5.74) is 0. The summed E-state index contributed by atoms with van der Waals surface area (Å²) in [7, 11) is 0. The van der Waals surface area contributed by atoms with Crippen molar-refractivity contribution in [2.24, 2.45) is 0 Å². The van der Waals surface area contributed by atoms with Gasteiger partial charge in [0.2, 0.25) is 0 Å². The molecule has 0 heterocycles. The number of hydrogen-bond donors (Lipinski definition) is 1. The molecule has 5 heteroatoms. The Bertz CT molecular complexity index is 546. The lowest BCUT2D eigenvalue weighted by Crippen LogP contribution is -1.93. The largest absolute Gasteiger partial charge is 0.507 e. The van der Waals surface area contributed by atoms with Gasteiger partial charge in [0.15, 0.2) is 6.61 Å². The van der Waals surface area contributed by atoms with E-state index >= 15 is 0 Å². The standard InChI is InChI=1S/C8H6BrNO.C6H5BrO/c9-7-3-1-2-4-8(7)11-6-5-10;7-5-3-1-2-4-6(5)8/h1-4H,6H2;1-4,8H. The molecule has 2 rings (SSSR count). The molecule has 0 bridgehead atoms. The number of ether oxygens (including phenoxy) is 1. The maximum absolute atomic E-state index is 8.87. The Morgan fingerprint density at radius 1 is 1.00 bits per heavy atom. The summed E-state index contributed by atoms with van der Waals surface area (Å²) < 4.78 is 6.68. The number of phenols is 1. The van der Waals surface area contributed by atoms with E-state index in [2.05, 4.69) is 31.9 Å². The van der Waals surface area contributed by atoms with Gasteiger partial charge in [-0.15, -0.1) is 0 Å². The van der Waals surface area contributed by atoms with E-state index in [-0.39, 0.29) is 12.4 Å². The van der Waals surface area contributed by atoms with Crippen LogP contribution < -0.4 is 4.74 Å². The van der Waals surface area contributed by atoms with Crippen molar-refractivity contribution in [1.29, 1.82) is 5.26 Å². The predicted molar refractivity (Wildman–Crippen MR) is 81.1 cm³/mol. The molecule has 3 nitrogen and oxygen atoms in total. The highest BCUT2D eigenvalue weighted by atomic mass is 79.9. The van der Waals surface area contributed by atoms with Gasteiger partial charge in [-0.2, -0.15) is 5.26 Å². The first kappa shape index (κ1) is 15.5. The van der Waals surface area contributed by atoms with Crippen molar-refractivity contribution in [1.82, 2.24) is 0 Å². The number of halogens is 2. The number of aromatic hydroxyl groups is 1. The highest BCUT2D eigenvalue weighted by Crippen LogP contribution is 2.23. The van der Waals surface area contributed by atoms with Crippen LogP contribution in [0.3, 0.4) is 0 Å². The number of benzene rings is 2. The molecule has 0 aliphatic heterocycles. The Morgan fingerprint density at radius 2 is 1.58 bits per heavy atom. The molecule has 0 fully saturated rings. The van der Waals surface area contributed by atoms with Gasteiger partial charge in [-0.25, -0.2) is 0 Å². The van der Waals surface area contributed by atoms with Crippen LogP contribution in [-0.4, -0.2) is 11.7 Å². The molecule has 0 atom stereocenters. The number of rotatable bonds is 2. The van der Waals surface area contributed by atoms with Crippen LogP contribution in [0.5, 0.6) is 11.5 Å². The minimum absolute atomic E-state index is 0.0859. The van der Waals surface area contributed by atoms with E-state index in [0.29, 0.717) is 5.75 Å². The summed E-state index contributed by atoms with van der Waals surface area (Å²) in [6.45, 7) is 0.0859. The van der Waals surface area contributed by atoms with Crippen molar-refractivity contribution in [3.63, 3.8) is 0 Å². The van der Waals surface area contributed by atoms with Gasteiger partial charge in [-0.05, 0) is 56.1 Å². The molecule has 0 aliphatic rings. The molecule has 0 saturated carbocycles. The molecule has 0 radical (unpaired) electrons. The minimum atomic E-state index is 0.0859. The van der Waals surface area contributed by atoms with E-state index < -0.39 is 0 Å². The van der Waals surface area contributed by atoms with Crippen LogP contribution in [0, 0.1) is 11.3 Å². The lowest BCUT2D eigenvalue weighted by Gasteiger charge is -2.01. The van der Waals surface area contributed by atoms with Gasteiger partial charge in [0.1, 0.15) is 17.6 Å². The van der Waals surface area contributed by atoms with Gasteiger partial charge in [-0.1, -0.05) is 24.3 Å². The average molecular weight is 385 g/mol. The van der Waals surface area contributed by atoms with Crippen molar-refractivity contribution in [2.75, 3.05) is 6.61 Å². The number of nitrogens with zero attached hydrogens (tertiary/aromatic N) is 1. The van der Waals surface area contributed by atoms with Crippen LogP contribution >= 0.6 is 31.9 Å². The first-order valence-electron chi connectivity index (χ1n) is 5.33. The van der Waals surface area contributed by atoms with E-state index in [1.807, 2.05) is 30.3 Å². The van der Waals surface area contributed by atoms with Crippen LogP contribution in [0.2, 0.25) is 0 Å². The average Bonchev–Trinajstić information content (AvgIpc) is 2.42. The molecule has 0 saturated heterocycles. The molecule has 98 valence electrons. The van der Waals surface area contributed by atoms with E-state index in [9.17, 15) is 0 Å². The van der Waals surface area contributed by atoms with Gasteiger partial charge >= 0.3 is 0 Å². The normalized spacial score (nSPS) is 8.89. The van der Waals surface area contributed by atoms with Crippen LogP contribution in [0.1, 0.15) is 0 Å². The Morgan fingerprint density at radius 3 is 2.05 bits per heavy atom. The molecule has 1 N–H and O–H groups in total. The van der Waals surface area contributed by atoms with Gasteiger partial charge in [0, 0.05) is 0 Å². The van der Waals surface area contributed by atoms with Crippen molar-refractivity contribution >= 4 is 31.9 Å². The second kappa shape index (κ2) is 8.57. The summed E-state index contributed by atoms with van der Waals surface area (Å²) in [5.74, 6) is 0.988. The van der Waals surface area contributed by atoms with E-state index in [1.165, 1.54) is 0 Å². The SMILES string of the molecule is N#CCOc1ccccc1Br.Oc1ccccc1Br. The van der Waals surface area contributed by atoms with Gasteiger partial charge in [0.25, 0.3) is 0 Å². The Labute approximate surface area is 128 Å². The van der Waals surface area contributed by atoms with Gasteiger partial charge in [0.05, 0.1) is 8.95 Å². The fraction of sp³-hybridized carbons (Fsp3) is 0.0714. The van der Waals surface area contributed by atoms with E-state index in [1.54, 1.807) is 24.3 Å². The number of hydrogen-bond acceptors (Lipinski definition) is 3. The van der Waals surface area contributed by atoms with Crippen LogP contribution in [0.15, 0.2) is 57.5 Å². The molecular formula is C14H11Br2NO2. The maximum atomic E-state index is 8.87. The Kier molecular flexibility index (Phi) is 7.01. The molecule has 0 aromatic heterocycles. The minimum Gasteiger partial charge on any atom is -0.507 e. The molecule has 0 spiro atoms. The number of para-hydroxylation sites is 2. The highest BCUT2D eigenvalue weighted by molar-refractivity contribution is 9.10. The smallest absolute Gasteiger partial charge is 0.174 e. The molecule has 19 heavy (non-hydrogen) atoms.